The number of carbonyl (C=O) groups excluding carboxylic acids is 2. The van der Waals surface area contributed by atoms with Crippen molar-refractivity contribution in [3.05, 3.63) is 26.6 Å². The Hall–Kier alpha value is -1.75. The molecule has 3 amide bonds. The summed E-state index contributed by atoms with van der Waals surface area (Å²) < 4.78 is 1.59. The van der Waals surface area contributed by atoms with E-state index in [-0.39, 0.29) is 11.9 Å². The third-order valence-corrected chi connectivity index (χ3v) is 7.97. The summed E-state index contributed by atoms with van der Waals surface area (Å²) in [5.41, 5.74) is 1.05. The van der Waals surface area contributed by atoms with E-state index in [1.54, 1.807) is 20.0 Å². The predicted octanol–water partition coefficient (Wildman–Crippen LogP) is 4.00. The summed E-state index contributed by atoms with van der Waals surface area (Å²) in [6.45, 7) is 7.59. The van der Waals surface area contributed by atoms with Gasteiger partial charge in [-0.2, -0.15) is 0 Å². The molecule has 4 heterocycles. The zero-order valence-corrected chi connectivity index (χ0v) is 21.2. The van der Waals surface area contributed by atoms with E-state index in [2.05, 4.69) is 47.5 Å². The number of imide groups is 1. The summed E-state index contributed by atoms with van der Waals surface area (Å²) in [4.78, 5) is 37.9. The van der Waals surface area contributed by atoms with Gasteiger partial charge in [0.05, 0.1) is 13.7 Å². The van der Waals surface area contributed by atoms with Gasteiger partial charge in [0, 0.05) is 25.8 Å². The number of anilines is 1. The Bertz CT molecular complexity index is 1020. The van der Waals surface area contributed by atoms with Crippen molar-refractivity contribution in [1.29, 1.82) is 0 Å². The van der Waals surface area contributed by atoms with Crippen molar-refractivity contribution in [1.82, 2.24) is 25.1 Å². The summed E-state index contributed by atoms with van der Waals surface area (Å²) in [6.07, 6.45) is 5.19. The quantitative estimate of drug-likeness (QED) is 0.491. The third-order valence-electron chi connectivity index (χ3n) is 5.95. The van der Waals surface area contributed by atoms with Crippen molar-refractivity contribution in [3.63, 3.8) is 0 Å². The fraction of sp³-hybridized carbons (Fsp3) is 0.524. The van der Waals surface area contributed by atoms with E-state index in [1.165, 1.54) is 42.2 Å². The maximum Gasteiger partial charge on any atom is 0.325 e. The highest BCUT2D eigenvalue weighted by molar-refractivity contribution is 9.10. The summed E-state index contributed by atoms with van der Waals surface area (Å²) in [5, 5.41) is 5.50. The molecule has 11 heteroatoms. The first-order valence-electron chi connectivity index (χ1n) is 10.7. The van der Waals surface area contributed by atoms with Gasteiger partial charge in [-0.05, 0) is 73.8 Å². The van der Waals surface area contributed by atoms with Gasteiger partial charge in [0.15, 0.2) is 0 Å². The van der Waals surface area contributed by atoms with Gasteiger partial charge in [-0.25, -0.2) is 14.8 Å². The first-order valence-corrected chi connectivity index (χ1v) is 12.6. The largest absolute Gasteiger partial charge is 0.352 e. The van der Waals surface area contributed by atoms with Gasteiger partial charge in [0.1, 0.15) is 11.2 Å². The van der Waals surface area contributed by atoms with Crippen LogP contribution >= 0.6 is 38.9 Å². The van der Waals surface area contributed by atoms with Crippen LogP contribution < -0.4 is 10.6 Å². The minimum Gasteiger partial charge on any atom is -0.352 e. The van der Waals surface area contributed by atoms with E-state index in [9.17, 15) is 9.59 Å². The van der Waals surface area contributed by atoms with E-state index in [0.29, 0.717) is 19.0 Å². The van der Waals surface area contributed by atoms with Crippen molar-refractivity contribution < 1.29 is 9.59 Å². The molecule has 0 atom stereocenters. The Morgan fingerprint density at radius 3 is 2.72 bits per heavy atom. The van der Waals surface area contributed by atoms with Gasteiger partial charge in [-0.1, -0.05) is 11.6 Å². The zero-order chi connectivity index (χ0) is 22.9. The molecule has 0 spiro atoms. The normalized spacial score (nSPS) is 18.4. The number of urea groups is 1. The Labute approximate surface area is 204 Å². The summed E-state index contributed by atoms with van der Waals surface area (Å²) in [7, 11) is 0. The summed E-state index contributed by atoms with van der Waals surface area (Å²) in [5.74, 6) is 0.162. The number of nitrogens with one attached hydrogen (secondary N) is 2. The molecule has 2 fully saturated rings. The molecular formula is C21H26BrClN6O2S. The van der Waals surface area contributed by atoms with E-state index in [1.807, 2.05) is 0 Å². The molecule has 2 N–H and O–H groups in total. The Morgan fingerprint density at radius 2 is 2.03 bits per heavy atom. The lowest BCUT2D eigenvalue weighted by Crippen LogP contribution is -2.46. The second kappa shape index (κ2) is 9.62. The number of rotatable bonds is 8. The first kappa shape index (κ1) is 23.4. The average Bonchev–Trinajstić information content (AvgIpc) is 3.43. The van der Waals surface area contributed by atoms with Crippen molar-refractivity contribution in [3.8, 4) is 10.6 Å². The van der Waals surface area contributed by atoms with Crippen LogP contribution in [0.3, 0.4) is 0 Å². The van der Waals surface area contributed by atoms with Gasteiger partial charge in [-0.3, -0.25) is 10.1 Å². The molecule has 4 rings (SSSR count). The maximum atomic E-state index is 12.0. The summed E-state index contributed by atoms with van der Waals surface area (Å²) >= 11 is 11.6. The van der Waals surface area contributed by atoms with Crippen LogP contribution in [0.15, 0.2) is 16.7 Å². The monoisotopic (exact) mass is 540 g/mol. The molecule has 8 nitrogen and oxygen atoms in total. The van der Waals surface area contributed by atoms with Gasteiger partial charge < -0.3 is 15.1 Å². The molecule has 2 aromatic rings. The standard InChI is InChI=1S/C21H26BrClN6O2S/c1-21(2)18(30)27-20(31)29(21)10-6-24-19-25-12-14(22)16(26-19)15-11-13(17(23)32-15)5-9-28-7-3-4-8-28/h11-12H,3-10H2,1-2H3,(H,24,25,26)(H,27,30,31). The summed E-state index contributed by atoms with van der Waals surface area (Å²) in [6, 6.07) is 1.73. The topological polar surface area (TPSA) is 90.5 Å². The SMILES string of the molecule is CC1(C)C(=O)NC(=O)N1CCNc1ncc(Br)c(-c2cc(CCN3CCCC3)c(Cl)s2)n1. The van der Waals surface area contributed by atoms with E-state index >= 15 is 0 Å². The molecule has 0 unspecified atom stereocenters. The Morgan fingerprint density at radius 1 is 1.28 bits per heavy atom. The van der Waals surface area contributed by atoms with Gasteiger partial charge in [0.2, 0.25) is 5.95 Å². The van der Waals surface area contributed by atoms with Crippen LogP contribution in [-0.4, -0.2) is 70.0 Å². The Kier molecular flexibility index (Phi) is 7.04. The van der Waals surface area contributed by atoms with Crippen LogP contribution in [-0.2, 0) is 11.2 Å². The fourth-order valence-electron chi connectivity index (χ4n) is 3.96. The van der Waals surface area contributed by atoms with E-state index in [0.717, 1.165) is 37.9 Å². The van der Waals surface area contributed by atoms with Crippen molar-refractivity contribution in [2.75, 3.05) is 38.0 Å². The van der Waals surface area contributed by atoms with Crippen LogP contribution in [0.1, 0.15) is 32.3 Å². The molecule has 172 valence electrons. The number of nitrogens with zero attached hydrogens (tertiary/aromatic N) is 4. The number of carbonyl (C=O) groups is 2. The molecule has 0 aromatic carbocycles. The van der Waals surface area contributed by atoms with Crippen molar-refractivity contribution in [2.45, 2.75) is 38.6 Å². The number of hydrogen-bond acceptors (Lipinski definition) is 7. The van der Waals surface area contributed by atoms with E-state index < -0.39 is 5.54 Å². The third kappa shape index (κ3) is 4.93. The number of amides is 3. The molecular weight excluding hydrogens is 516 g/mol. The van der Waals surface area contributed by atoms with Crippen molar-refractivity contribution in [2.24, 2.45) is 0 Å². The number of aromatic nitrogens is 2. The molecule has 2 aliphatic rings. The highest BCUT2D eigenvalue weighted by Gasteiger charge is 2.45. The Balaban J connectivity index is 1.41. The molecule has 0 radical (unpaired) electrons. The van der Waals surface area contributed by atoms with Crippen molar-refractivity contribution >= 4 is 56.8 Å². The molecule has 0 aliphatic carbocycles. The van der Waals surface area contributed by atoms with Gasteiger partial charge >= 0.3 is 6.03 Å². The fourth-order valence-corrected chi connectivity index (χ4v) is 5.83. The van der Waals surface area contributed by atoms with Crippen LogP contribution in [0, 0.1) is 0 Å². The molecule has 2 aromatic heterocycles. The molecule has 2 saturated heterocycles. The van der Waals surface area contributed by atoms with Gasteiger partial charge in [0.25, 0.3) is 5.91 Å². The maximum absolute atomic E-state index is 12.0. The van der Waals surface area contributed by atoms with Gasteiger partial charge in [-0.15, -0.1) is 11.3 Å². The molecule has 0 bridgehead atoms. The first-order chi connectivity index (χ1) is 15.3. The highest BCUT2D eigenvalue weighted by Crippen LogP contribution is 2.37. The smallest absolute Gasteiger partial charge is 0.325 e. The number of hydrogen-bond donors (Lipinski definition) is 2. The lowest BCUT2D eigenvalue weighted by molar-refractivity contribution is -0.125. The zero-order valence-electron chi connectivity index (χ0n) is 18.1. The van der Waals surface area contributed by atoms with Crippen LogP contribution in [0.5, 0.6) is 0 Å². The van der Waals surface area contributed by atoms with E-state index in [4.69, 9.17) is 11.6 Å². The average molecular weight is 542 g/mol. The lowest BCUT2D eigenvalue weighted by atomic mass is 10.0. The van der Waals surface area contributed by atoms with Crippen LogP contribution in [0.2, 0.25) is 4.34 Å². The minimum atomic E-state index is -0.871. The number of halogens is 2. The predicted molar refractivity (Wildman–Crippen MR) is 130 cm³/mol. The van der Waals surface area contributed by atoms with Crippen LogP contribution in [0.25, 0.3) is 10.6 Å². The highest BCUT2D eigenvalue weighted by atomic mass is 79.9. The lowest BCUT2D eigenvalue weighted by Gasteiger charge is -2.27. The van der Waals surface area contributed by atoms with Crippen LogP contribution in [0.4, 0.5) is 10.7 Å². The number of thiophene rings is 1. The molecule has 32 heavy (non-hydrogen) atoms. The second-order valence-electron chi connectivity index (χ2n) is 8.50. The molecule has 2 aliphatic heterocycles. The second-order valence-corrected chi connectivity index (χ2v) is 11.0. The number of likely N-dealkylation sites (tertiary alicyclic amines) is 1. The molecule has 0 saturated carbocycles. The minimum absolute atomic E-state index is 0.292.